The van der Waals surface area contributed by atoms with Crippen LogP contribution in [-0.4, -0.2) is 88.0 Å². The van der Waals surface area contributed by atoms with E-state index in [1.807, 2.05) is 6.07 Å². The molecule has 39 heavy (non-hydrogen) atoms. The first kappa shape index (κ1) is 27.5. The zero-order valence-corrected chi connectivity index (χ0v) is 21.8. The predicted molar refractivity (Wildman–Crippen MR) is 139 cm³/mol. The van der Waals surface area contributed by atoms with Crippen LogP contribution in [-0.2, 0) is 22.5 Å². The molecular weight excluding hydrogens is 506 g/mol. The van der Waals surface area contributed by atoms with Crippen LogP contribution in [0.1, 0.15) is 40.7 Å². The summed E-state index contributed by atoms with van der Waals surface area (Å²) in [7, 11) is 1.43. The Hall–Kier alpha value is -3.02. The van der Waals surface area contributed by atoms with Gasteiger partial charge < -0.3 is 34.6 Å². The molecule has 4 unspecified atom stereocenters. The van der Waals surface area contributed by atoms with Crippen LogP contribution in [0.15, 0.2) is 42.5 Å². The largest absolute Gasteiger partial charge is 0.493 e. The van der Waals surface area contributed by atoms with Gasteiger partial charge in [0, 0.05) is 18.0 Å². The summed E-state index contributed by atoms with van der Waals surface area (Å²) in [6.45, 7) is 2.94. The molecule has 0 aromatic heterocycles. The molecule has 10 nitrogen and oxygen atoms in total. The minimum Gasteiger partial charge on any atom is -0.493 e. The number of rotatable bonds is 8. The molecule has 0 amide bonds. The Morgan fingerprint density at radius 1 is 1.03 bits per heavy atom. The smallest absolute Gasteiger partial charge is 0.335 e. The van der Waals surface area contributed by atoms with Crippen LogP contribution >= 0.6 is 0 Å². The van der Waals surface area contributed by atoms with E-state index in [1.54, 1.807) is 6.07 Å². The molecule has 0 bridgehead atoms. The number of nitrogens with zero attached hydrogens (tertiary/aromatic N) is 1. The molecule has 6 atom stereocenters. The first-order valence-corrected chi connectivity index (χ1v) is 13.4. The van der Waals surface area contributed by atoms with Crippen LogP contribution in [0, 0.1) is 11.8 Å². The normalized spacial score (nSPS) is 29.7. The van der Waals surface area contributed by atoms with Crippen LogP contribution in [0.4, 0.5) is 0 Å². The third kappa shape index (κ3) is 5.80. The van der Waals surface area contributed by atoms with Crippen molar-refractivity contribution in [3.05, 3.63) is 59.2 Å². The fraction of sp³-hybridized carbons (Fsp3) is 0.517. The summed E-state index contributed by atoms with van der Waals surface area (Å²) in [5, 5.41) is 39.7. The van der Waals surface area contributed by atoms with Gasteiger partial charge in [-0.25, -0.2) is 4.79 Å². The molecule has 0 spiro atoms. The first-order valence-electron chi connectivity index (χ1n) is 13.4. The van der Waals surface area contributed by atoms with Gasteiger partial charge in [-0.1, -0.05) is 30.3 Å². The number of likely N-dealkylation sites (tertiary alicyclic amines) is 1. The predicted octanol–water partition coefficient (Wildman–Crippen LogP) is 1.62. The second-order valence-corrected chi connectivity index (χ2v) is 10.7. The van der Waals surface area contributed by atoms with Crippen LogP contribution in [0.2, 0.25) is 0 Å². The lowest BCUT2D eigenvalue weighted by Crippen LogP contribution is -2.61. The Labute approximate surface area is 226 Å². The fourth-order valence-electron chi connectivity index (χ4n) is 5.92. The minimum absolute atomic E-state index is 0.0215. The highest BCUT2D eigenvalue weighted by Gasteiger charge is 2.48. The molecule has 5 rings (SSSR count). The highest BCUT2D eigenvalue weighted by Crippen LogP contribution is 2.41. The van der Waals surface area contributed by atoms with Crippen molar-refractivity contribution in [2.75, 3.05) is 20.2 Å². The van der Waals surface area contributed by atoms with Gasteiger partial charge in [0.15, 0.2) is 23.4 Å². The van der Waals surface area contributed by atoms with Gasteiger partial charge in [-0.15, -0.1) is 0 Å². The van der Waals surface area contributed by atoms with E-state index in [1.165, 1.54) is 18.7 Å². The van der Waals surface area contributed by atoms with Gasteiger partial charge in [-0.05, 0) is 68.0 Å². The number of piperidine rings is 1. The summed E-state index contributed by atoms with van der Waals surface area (Å²) in [5.74, 6) is -0.795. The van der Waals surface area contributed by atoms with Crippen molar-refractivity contribution in [2.24, 2.45) is 11.8 Å². The second kappa shape index (κ2) is 11.6. The van der Waals surface area contributed by atoms with E-state index < -0.39 is 36.7 Å². The average molecular weight is 542 g/mol. The summed E-state index contributed by atoms with van der Waals surface area (Å²) in [6, 6.07) is 13.7. The number of carbonyl (C=O) groups is 2. The first-order chi connectivity index (χ1) is 18.7. The number of aliphatic hydroxyl groups excluding tert-OH is 3. The standard InChI is InChI=1S/C29H35NO9/c1-37-21-13-18-12-19(11-16-7-9-30(10-8-16)15-17-5-3-2-4-6-17)23(31)20(18)14-22(21)38-29-26(34)24(32)25(33)27(39-29)28(35)36/h2-6,13-14,16,19,24-27,29,32-34H,7-12,15H2,1H3,(H,35,36)/t19?,24?,25-,26?,27?,29+/m0/s1. The van der Waals surface area contributed by atoms with Gasteiger partial charge in [0.25, 0.3) is 0 Å². The molecule has 2 saturated heterocycles. The number of aliphatic hydroxyl groups is 3. The van der Waals surface area contributed by atoms with Gasteiger partial charge in [-0.2, -0.15) is 0 Å². The molecule has 210 valence electrons. The summed E-state index contributed by atoms with van der Waals surface area (Å²) in [4.78, 5) is 27.3. The zero-order chi connectivity index (χ0) is 27.7. The van der Waals surface area contributed by atoms with E-state index in [0.29, 0.717) is 23.7 Å². The summed E-state index contributed by atoms with van der Waals surface area (Å²) >= 11 is 0. The number of ether oxygens (including phenoxy) is 3. The minimum atomic E-state index is -1.83. The van der Waals surface area contributed by atoms with Crippen molar-refractivity contribution in [3.8, 4) is 11.5 Å². The summed E-state index contributed by atoms with van der Waals surface area (Å²) in [5.41, 5.74) is 2.65. The number of benzene rings is 2. The monoisotopic (exact) mass is 541 g/mol. The maximum atomic E-state index is 13.4. The number of carboxylic acid groups (broad SMARTS) is 1. The average Bonchev–Trinajstić information content (AvgIpc) is 3.23. The molecule has 3 aliphatic rings. The van der Waals surface area contributed by atoms with Crippen molar-refractivity contribution in [1.29, 1.82) is 0 Å². The van der Waals surface area contributed by atoms with Gasteiger partial charge in [0.05, 0.1) is 7.11 Å². The maximum Gasteiger partial charge on any atom is 0.335 e. The van der Waals surface area contributed by atoms with E-state index in [-0.39, 0.29) is 17.5 Å². The number of fused-ring (bicyclic) bond motifs is 1. The molecule has 4 N–H and O–H groups in total. The Kier molecular flexibility index (Phi) is 8.20. The topological polar surface area (TPSA) is 146 Å². The SMILES string of the molecule is COc1cc2c(cc1O[C@@H]1OC(C(=O)O)[C@@H](O)C(O)C1O)C(=O)C(CC1CCN(Cc3ccccc3)CC1)C2. The number of Topliss-reactive ketones (excluding diaryl/α,β-unsaturated/α-hetero) is 1. The van der Waals surface area contributed by atoms with Crippen molar-refractivity contribution < 1.29 is 44.2 Å². The lowest BCUT2D eigenvalue weighted by Gasteiger charge is -2.38. The van der Waals surface area contributed by atoms with E-state index in [0.717, 1.165) is 44.5 Å². The Morgan fingerprint density at radius 3 is 2.41 bits per heavy atom. The number of carbonyl (C=O) groups excluding carboxylic acids is 1. The second-order valence-electron chi connectivity index (χ2n) is 10.7. The van der Waals surface area contributed by atoms with E-state index in [2.05, 4.69) is 29.2 Å². The Balaban J connectivity index is 1.23. The highest BCUT2D eigenvalue weighted by atomic mass is 16.7. The number of hydrogen-bond acceptors (Lipinski definition) is 9. The highest BCUT2D eigenvalue weighted by molar-refractivity contribution is 6.02. The zero-order valence-electron chi connectivity index (χ0n) is 21.8. The number of methoxy groups -OCH3 is 1. The molecule has 0 radical (unpaired) electrons. The van der Waals surface area contributed by atoms with Crippen molar-refractivity contribution in [2.45, 2.75) is 62.9 Å². The van der Waals surface area contributed by atoms with E-state index >= 15 is 0 Å². The molecule has 0 saturated carbocycles. The summed E-state index contributed by atoms with van der Waals surface area (Å²) in [6.07, 6.45) is -5.24. The molecular formula is C29H35NO9. The molecule has 2 heterocycles. The van der Waals surface area contributed by atoms with Gasteiger partial charge in [0.1, 0.15) is 18.3 Å². The van der Waals surface area contributed by atoms with Crippen LogP contribution in [0.25, 0.3) is 0 Å². The van der Waals surface area contributed by atoms with Gasteiger partial charge >= 0.3 is 5.97 Å². The number of carboxylic acids is 1. The molecule has 1 aliphatic carbocycles. The molecule has 2 aliphatic heterocycles. The molecule has 2 fully saturated rings. The maximum absolute atomic E-state index is 13.4. The number of ketones is 1. The van der Waals surface area contributed by atoms with Crippen molar-refractivity contribution in [3.63, 3.8) is 0 Å². The van der Waals surface area contributed by atoms with E-state index in [9.17, 15) is 30.0 Å². The molecule has 10 heteroatoms. The van der Waals surface area contributed by atoms with E-state index in [4.69, 9.17) is 14.2 Å². The van der Waals surface area contributed by atoms with Crippen LogP contribution < -0.4 is 9.47 Å². The molecule has 2 aromatic rings. The Bertz CT molecular complexity index is 1180. The number of aliphatic carboxylic acids is 1. The van der Waals surface area contributed by atoms with Crippen LogP contribution in [0.5, 0.6) is 11.5 Å². The lowest BCUT2D eigenvalue weighted by atomic mass is 9.85. The molecule has 2 aromatic carbocycles. The quantitative estimate of drug-likeness (QED) is 0.389. The number of hydrogen-bond donors (Lipinski definition) is 4. The van der Waals surface area contributed by atoms with Crippen molar-refractivity contribution in [1.82, 2.24) is 4.90 Å². The lowest BCUT2D eigenvalue weighted by molar-refractivity contribution is -0.271. The van der Waals surface area contributed by atoms with Crippen molar-refractivity contribution >= 4 is 11.8 Å². The third-order valence-corrected chi connectivity index (χ3v) is 8.12. The van der Waals surface area contributed by atoms with Gasteiger partial charge in [0.2, 0.25) is 6.29 Å². The fourth-order valence-corrected chi connectivity index (χ4v) is 5.92. The Morgan fingerprint density at radius 2 is 1.74 bits per heavy atom. The third-order valence-electron chi connectivity index (χ3n) is 8.12. The summed E-state index contributed by atoms with van der Waals surface area (Å²) < 4.78 is 16.4. The van der Waals surface area contributed by atoms with Gasteiger partial charge in [-0.3, -0.25) is 9.69 Å². The van der Waals surface area contributed by atoms with Crippen LogP contribution in [0.3, 0.4) is 0 Å².